The van der Waals surface area contributed by atoms with E-state index < -0.39 is 5.82 Å². The summed E-state index contributed by atoms with van der Waals surface area (Å²) in [5.74, 6) is -1.08. The van der Waals surface area contributed by atoms with Gasteiger partial charge in [-0.05, 0) is 47.9 Å². The first-order valence-electron chi connectivity index (χ1n) is 9.76. The highest BCUT2D eigenvalue weighted by Gasteiger charge is 2.29. The molecule has 2 amide bonds. The molecule has 1 fully saturated rings. The SMILES string of the molecule is O=C(Nc1nnn(Cc2ccccc2)n1)[C@H]1CCCN(C(=O)c2ccc(F)cc2)C1. The van der Waals surface area contributed by atoms with Gasteiger partial charge in [0.2, 0.25) is 5.91 Å². The fourth-order valence-electron chi connectivity index (χ4n) is 3.47. The zero-order valence-corrected chi connectivity index (χ0v) is 16.2. The third kappa shape index (κ3) is 4.68. The smallest absolute Gasteiger partial charge is 0.270 e. The van der Waals surface area contributed by atoms with Crippen LogP contribution < -0.4 is 5.32 Å². The Labute approximate surface area is 172 Å². The largest absolute Gasteiger partial charge is 0.338 e. The minimum atomic E-state index is -0.393. The summed E-state index contributed by atoms with van der Waals surface area (Å²) < 4.78 is 13.1. The molecule has 1 aliphatic heterocycles. The summed E-state index contributed by atoms with van der Waals surface area (Å²) in [6, 6.07) is 15.1. The van der Waals surface area contributed by atoms with Gasteiger partial charge in [0, 0.05) is 18.7 Å². The molecule has 0 saturated carbocycles. The highest BCUT2D eigenvalue weighted by molar-refractivity contribution is 5.95. The lowest BCUT2D eigenvalue weighted by molar-refractivity contribution is -0.121. The molecule has 9 heteroatoms. The summed E-state index contributed by atoms with van der Waals surface area (Å²) >= 11 is 0. The topological polar surface area (TPSA) is 93.0 Å². The summed E-state index contributed by atoms with van der Waals surface area (Å²) in [5.41, 5.74) is 1.43. The van der Waals surface area contributed by atoms with Gasteiger partial charge >= 0.3 is 0 Å². The number of aromatic nitrogens is 4. The number of halogens is 1. The van der Waals surface area contributed by atoms with Gasteiger partial charge in [0.05, 0.1) is 12.5 Å². The van der Waals surface area contributed by atoms with Gasteiger partial charge in [0.25, 0.3) is 11.9 Å². The molecule has 1 aliphatic rings. The zero-order chi connectivity index (χ0) is 20.9. The lowest BCUT2D eigenvalue weighted by Crippen LogP contribution is -2.43. The van der Waals surface area contributed by atoms with E-state index in [-0.39, 0.29) is 23.7 Å². The Hall–Kier alpha value is -3.62. The molecule has 154 valence electrons. The van der Waals surface area contributed by atoms with Crippen molar-refractivity contribution in [2.24, 2.45) is 5.92 Å². The molecule has 0 unspecified atom stereocenters. The molecule has 3 aromatic rings. The van der Waals surface area contributed by atoms with Crippen LogP contribution in [0, 0.1) is 11.7 Å². The maximum atomic E-state index is 13.1. The molecule has 0 spiro atoms. The second-order valence-electron chi connectivity index (χ2n) is 7.22. The molecule has 1 atom stereocenters. The van der Waals surface area contributed by atoms with Gasteiger partial charge < -0.3 is 4.90 Å². The first kappa shape index (κ1) is 19.7. The lowest BCUT2D eigenvalue weighted by Gasteiger charge is -2.31. The third-order valence-corrected chi connectivity index (χ3v) is 5.03. The van der Waals surface area contributed by atoms with Gasteiger partial charge in [0.1, 0.15) is 5.82 Å². The summed E-state index contributed by atoms with van der Waals surface area (Å²) in [6.07, 6.45) is 1.37. The Bertz CT molecular complexity index is 1020. The fraction of sp³-hybridized carbons (Fsp3) is 0.286. The van der Waals surface area contributed by atoms with Crippen molar-refractivity contribution < 1.29 is 14.0 Å². The number of carbonyl (C=O) groups excluding carboxylic acids is 2. The van der Waals surface area contributed by atoms with Crippen molar-refractivity contribution in [2.45, 2.75) is 19.4 Å². The van der Waals surface area contributed by atoms with Crippen molar-refractivity contribution in [1.29, 1.82) is 0 Å². The monoisotopic (exact) mass is 408 g/mol. The number of rotatable bonds is 5. The van der Waals surface area contributed by atoms with Crippen LogP contribution in [0.3, 0.4) is 0 Å². The van der Waals surface area contributed by atoms with Gasteiger partial charge in [0.15, 0.2) is 0 Å². The van der Waals surface area contributed by atoms with Gasteiger partial charge in [-0.1, -0.05) is 35.4 Å². The Morgan fingerprint density at radius 1 is 1.10 bits per heavy atom. The van der Waals surface area contributed by atoms with Crippen LogP contribution in [0.15, 0.2) is 54.6 Å². The molecule has 8 nitrogen and oxygen atoms in total. The van der Waals surface area contributed by atoms with Crippen molar-refractivity contribution in [3.05, 3.63) is 71.5 Å². The van der Waals surface area contributed by atoms with Gasteiger partial charge in [-0.3, -0.25) is 14.9 Å². The van der Waals surface area contributed by atoms with Crippen LogP contribution in [-0.4, -0.2) is 50.0 Å². The van der Waals surface area contributed by atoms with Gasteiger partial charge in [-0.2, -0.15) is 4.80 Å². The van der Waals surface area contributed by atoms with E-state index in [1.165, 1.54) is 29.1 Å². The van der Waals surface area contributed by atoms with Crippen LogP contribution in [0.5, 0.6) is 0 Å². The van der Waals surface area contributed by atoms with Crippen LogP contribution in [0.4, 0.5) is 10.3 Å². The standard InChI is InChI=1S/C21H21FN6O2/c22-18-10-8-16(9-11-18)20(30)27-12-4-7-17(14-27)19(29)23-21-24-26-28(25-21)13-15-5-2-1-3-6-15/h1-3,5-6,8-11,17H,4,7,12-14H2,(H,23,25,29)/t17-/m0/s1. The number of hydrogen-bond donors (Lipinski definition) is 1. The number of carbonyl (C=O) groups is 2. The number of nitrogens with one attached hydrogen (secondary N) is 1. The predicted octanol–water partition coefficient (Wildman–Crippen LogP) is 2.35. The second kappa shape index (κ2) is 8.81. The van der Waals surface area contributed by atoms with Crippen LogP contribution in [0.1, 0.15) is 28.8 Å². The maximum Gasteiger partial charge on any atom is 0.270 e. The molecular formula is C21H21FN6O2. The normalized spacial score (nSPS) is 16.3. The minimum Gasteiger partial charge on any atom is -0.338 e. The third-order valence-electron chi connectivity index (χ3n) is 5.03. The van der Waals surface area contributed by atoms with E-state index in [4.69, 9.17) is 0 Å². The molecule has 2 aromatic carbocycles. The van der Waals surface area contributed by atoms with Crippen LogP contribution in [0.2, 0.25) is 0 Å². The summed E-state index contributed by atoms with van der Waals surface area (Å²) in [4.78, 5) is 28.4. The Morgan fingerprint density at radius 2 is 1.87 bits per heavy atom. The average molecular weight is 408 g/mol. The van der Waals surface area contributed by atoms with E-state index in [0.29, 0.717) is 38.0 Å². The second-order valence-corrected chi connectivity index (χ2v) is 7.22. The Kier molecular flexibility index (Phi) is 5.78. The molecule has 4 rings (SSSR count). The van der Waals surface area contributed by atoms with Crippen molar-refractivity contribution in [3.63, 3.8) is 0 Å². The van der Waals surface area contributed by atoms with Gasteiger partial charge in [-0.15, -0.1) is 5.10 Å². The van der Waals surface area contributed by atoms with Crippen LogP contribution >= 0.6 is 0 Å². The van der Waals surface area contributed by atoms with E-state index in [9.17, 15) is 14.0 Å². The molecule has 30 heavy (non-hydrogen) atoms. The molecule has 1 saturated heterocycles. The molecule has 0 bridgehead atoms. The van der Waals surface area contributed by atoms with E-state index in [1.807, 2.05) is 30.3 Å². The highest BCUT2D eigenvalue weighted by atomic mass is 19.1. The molecule has 1 N–H and O–H groups in total. The average Bonchev–Trinajstić information content (AvgIpc) is 3.21. The minimum absolute atomic E-state index is 0.137. The maximum absolute atomic E-state index is 13.1. The number of amides is 2. The fourth-order valence-corrected chi connectivity index (χ4v) is 3.47. The van der Waals surface area contributed by atoms with E-state index >= 15 is 0 Å². The van der Waals surface area contributed by atoms with E-state index in [1.54, 1.807) is 4.90 Å². The number of tetrazole rings is 1. The first-order valence-corrected chi connectivity index (χ1v) is 9.76. The Morgan fingerprint density at radius 3 is 2.63 bits per heavy atom. The van der Waals surface area contributed by atoms with Crippen molar-refractivity contribution >= 4 is 17.8 Å². The number of anilines is 1. The van der Waals surface area contributed by atoms with Crippen molar-refractivity contribution in [1.82, 2.24) is 25.1 Å². The van der Waals surface area contributed by atoms with E-state index in [0.717, 1.165) is 5.56 Å². The van der Waals surface area contributed by atoms with Crippen LogP contribution in [-0.2, 0) is 11.3 Å². The van der Waals surface area contributed by atoms with Crippen molar-refractivity contribution in [3.8, 4) is 0 Å². The molecule has 0 aliphatic carbocycles. The lowest BCUT2D eigenvalue weighted by atomic mass is 9.96. The number of nitrogens with zero attached hydrogens (tertiary/aromatic N) is 5. The number of likely N-dealkylation sites (tertiary alicyclic amines) is 1. The number of piperidine rings is 1. The molecule has 1 aromatic heterocycles. The molecule has 0 radical (unpaired) electrons. The summed E-state index contributed by atoms with van der Waals surface area (Å²) in [5, 5.41) is 14.7. The van der Waals surface area contributed by atoms with Crippen molar-refractivity contribution in [2.75, 3.05) is 18.4 Å². The first-order chi connectivity index (χ1) is 14.6. The van der Waals surface area contributed by atoms with E-state index in [2.05, 4.69) is 20.7 Å². The quantitative estimate of drug-likeness (QED) is 0.700. The summed E-state index contributed by atoms with van der Waals surface area (Å²) in [6.45, 7) is 1.30. The highest BCUT2D eigenvalue weighted by Crippen LogP contribution is 2.20. The zero-order valence-electron chi connectivity index (χ0n) is 16.2. The van der Waals surface area contributed by atoms with Gasteiger partial charge in [-0.25, -0.2) is 4.39 Å². The predicted molar refractivity (Wildman–Crippen MR) is 107 cm³/mol. The van der Waals surface area contributed by atoms with Crippen LogP contribution in [0.25, 0.3) is 0 Å². The Balaban J connectivity index is 1.35. The summed E-state index contributed by atoms with van der Waals surface area (Å²) in [7, 11) is 0. The molecule has 2 heterocycles. The number of benzene rings is 2. The number of hydrogen-bond acceptors (Lipinski definition) is 5. The molecular weight excluding hydrogens is 387 g/mol.